The molecule has 18 heavy (non-hydrogen) atoms. The first kappa shape index (κ1) is 13.9. The van der Waals surface area contributed by atoms with E-state index in [9.17, 15) is 0 Å². The normalized spacial score (nSPS) is 21.2. The molecule has 0 radical (unpaired) electrons. The zero-order valence-electron chi connectivity index (χ0n) is 11.4. The van der Waals surface area contributed by atoms with Crippen molar-refractivity contribution in [2.75, 3.05) is 5.75 Å². The summed E-state index contributed by atoms with van der Waals surface area (Å²) < 4.78 is 0. The Kier molecular flexibility index (Phi) is 4.67. The summed E-state index contributed by atoms with van der Waals surface area (Å²) >= 11 is 3.62. The monoisotopic (exact) mass is 283 g/mol. The van der Waals surface area contributed by atoms with Crippen LogP contribution in [0.5, 0.6) is 0 Å². The van der Waals surface area contributed by atoms with Crippen LogP contribution >= 0.6 is 23.1 Å². The minimum atomic E-state index is 0.257. The van der Waals surface area contributed by atoms with E-state index < -0.39 is 0 Å². The number of thioether (sulfide) groups is 1. The van der Waals surface area contributed by atoms with E-state index in [2.05, 4.69) is 38.0 Å². The summed E-state index contributed by atoms with van der Waals surface area (Å²) in [6.45, 7) is 8.79. The standard InChI is InChI=1S/C13H21N3S2/c1-5-10-6-14-12(18-10)9(4)15-13-16-11(7-17-13)8(2)3/h6,8-9,11H,5,7H2,1-4H3,(H,15,16)/t9?,11-/m1/s1. The van der Waals surface area contributed by atoms with Gasteiger partial charge >= 0.3 is 0 Å². The molecule has 100 valence electrons. The SMILES string of the molecule is CCc1cnc(C(C)NC2=N[C@@H](C(C)C)CS2)s1. The number of nitrogens with zero attached hydrogens (tertiary/aromatic N) is 2. The van der Waals surface area contributed by atoms with Gasteiger partial charge in [-0.05, 0) is 19.3 Å². The number of nitrogens with one attached hydrogen (secondary N) is 1. The molecule has 0 saturated carbocycles. The fourth-order valence-electron chi connectivity index (χ4n) is 1.74. The first-order valence-electron chi connectivity index (χ1n) is 6.51. The third kappa shape index (κ3) is 3.26. The van der Waals surface area contributed by atoms with Crippen molar-refractivity contribution < 1.29 is 0 Å². The highest BCUT2D eigenvalue weighted by Gasteiger charge is 2.22. The van der Waals surface area contributed by atoms with E-state index in [-0.39, 0.29) is 6.04 Å². The van der Waals surface area contributed by atoms with Crippen LogP contribution in [-0.4, -0.2) is 21.9 Å². The smallest absolute Gasteiger partial charge is 0.157 e. The van der Waals surface area contributed by atoms with Gasteiger partial charge in [-0.15, -0.1) is 11.3 Å². The summed E-state index contributed by atoms with van der Waals surface area (Å²) in [5, 5.41) is 5.71. The van der Waals surface area contributed by atoms with Crippen molar-refractivity contribution in [1.29, 1.82) is 0 Å². The zero-order chi connectivity index (χ0) is 13.1. The second kappa shape index (κ2) is 6.06. The molecule has 3 nitrogen and oxygen atoms in total. The van der Waals surface area contributed by atoms with Crippen molar-refractivity contribution in [3.63, 3.8) is 0 Å². The summed E-state index contributed by atoms with van der Waals surface area (Å²) in [5.74, 6) is 1.73. The molecule has 1 aromatic rings. The molecule has 0 aromatic carbocycles. The van der Waals surface area contributed by atoms with Gasteiger partial charge in [0.05, 0.1) is 12.1 Å². The maximum atomic E-state index is 4.73. The van der Waals surface area contributed by atoms with E-state index >= 15 is 0 Å². The molecule has 1 unspecified atom stereocenters. The number of aryl methyl sites for hydroxylation is 1. The molecule has 1 aliphatic heterocycles. The Balaban J connectivity index is 1.95. The maximum Gasteiger partial charge on any atom is 0.157 e. The molecule has 0 fully saturated rings. The van der Waals surface area contributed by atoms with Gasteiger partial charge in [0, 0.05) is 16.8 Å². The lowest BCUT2D eigenvalue weighted by Crippen LogP contribution is -2.23. The molecule has 0 aliphatic carbocycles. The Morgan fingerprint density at radius 3 is 2.78 bits per heavy atom. The average molecular weight is 283 g/mol. The summed E-state index contributed by atoms with van der Waals surface area (Å²) in [6, 6.07) is 0.722. The molecule has 2 rings (SSSR count). The molecule has 1 N–H and O–H groups in total. The quantitative estimate of drug-likeness (QED) is 0.919. The number of thiazole rings is 1. The van der Waals surface area contributed by atoms with Crippen molar-refractivity contribution in [1.82, 2.24) is 10.3 Å². The minimum Gasteiger partial charge on any atom is -0.356 e. The molecular weight excluding hydrogens is 262 g/mol. The Labute approximate surface area is 118 Å². The lowest BCUT2D eigenvalue weighted by molar-refractivity contribution is 0.541. The van der Waals surface area contributed by atoms with Crippen LogP contribution in [0.25, 0.3) is 0 Å². The van der Waals surface area contributed by atoms with Gasteiger partial charge in [0.15, 0.2) is 5.17 Å². The molecule has 0 amide bonds. The van der Waals surface area contributed by atoms with E-state index in [1.54, 1.807) is 11.3 Å². The number of aromatic nitrogens is 1. The lowest BCUT2D eigenvalue weighted by atomic mass is 10.1. The zero-order valence-corrected chi connectivity index (χ0v) is 13.1. The first-order chi connectivity index (χ1) is 8.60. The molecule has 1 aromatic heterocycles. The van der Waals surface area contributed by atoms with Gasteiger partial charge in [0.2, 0.25) is 0 Å². The van der Waals surface area contributed by atoms with E-state index in [4.69, 9.17) is 4.99 Å². The Bertz CT molecular complexity index is 426. The highest BCUT2D eigenvalue weighted by molar-refractivity contribution is 8.14. The minimum absolute atomic E-state index is 0.257. The Morgan fingerprint density at radius 1 is 1.44 bits per heavy atom. The van der Waals surface area contributed by atoms with Gasteiger partial charge in [-0.25, -0.2) is 4.98 Å². The third-order valence-corrected chi connectivity index (χ3v) is 5.40. The molecule has 5 heteroatoms. The molecule has 0 saturated heterocycles. The average Bonchev–Trinajstić information content (AvgIpc) is 2.96. The van der Waals surface area contributed by atoms with Gasteiger partial charge in [0.1, 0.15) is 5.01 Å². The summed E-state index contributed by atoms with van der Waals surface area (Å²) in [6.07, 6.45) is 3.05. The van der Waals surface area contributed by atoms with Gasteiger partial charge in [0.25, 0.3) is 0 Å². The predicted molar refractivity (Wildman–Crippen MR) is 81.6 cm³/mol. The molecule has 2 atom stereocenters. The van der Waals surface area contributed by atoms with E-state index in [0.717, 1.165) is 22.3 Å². The maximum absolute atomic E-state index is 4.73. The third-order valence-electron chi connectivity index (χ3n) is 3.07. The second-order valence-electron chi connectivity index (χ2n) is 4.94. The Morgan fingerprint density at radius 2 is 2.22 bits per heavy atom. The van der Waals surface area contributed by atoms with Crippen LogP contribution in [0.4, 0.5) is 0 Å². The Hall–Kier alpha value is -0.550. The molecule has 1 aliphatic rings. The van der Waals surface area contributed by atoms with Crippen molar-refractivity contribution in [2.24, 2.45) is 10.9 Å². The molecular formula is C13H21N3S2. The number of amidine groups is 1. The topological polar surface area (TPSA) is 37.3 Å². The van der Waals surface area contributed by atoms with Gasteiger partial charge in [-0.2, -0.15) is 0 Å². The van der Waals surface area contributed by atoms with Crippen LogP contribution in [0.1, 0.15) is 43.6 Å². The van der Waals surface area contributed by atoms with E-state index in [0.29, 0.717) is 12.0 Å². The van der Waals surface area contributed by atoms with Crippen LogP contribution in [0.15, 0.2) is 11.2 Å². The summed E-state index contributed by atoms with van der Waals surface area (Å²) in [5.41, 5.74) is 0. The molecule has 0 spiro atoms. The summed E-state index contributed by atoms with van der Waals surface area (Å²) in [7, 11) is 0. The number of aliphatic imine (C=N–C) groups is 1. The lowest BCUT2D eigenvalue weighted by Gasteiger charge is -2.11. The first-order valence-corrected chi connectivity index (χ1v) is 8.32. The van der Waals surface area contributed by atoms with Crippen molar-refractivity contribution in [2.45, 2.75) is 46.2 Å². The number of hydrogen-bond donors (Lipinski definition) is 1. The fraction of sp³-hybridized carbons (Fsp3) is 0.692. The predicted octanol–water partition coefficient (Wildman–Crippen LogP) is 3.48. The highest BCUT2D eigenvalue weighted by atomic mass is 32.2. The molecule has 0 bridgehead atoms. The van der Waals surface area contributed by atoms with Crippen LogP contribution in [0.2, 0.25) is 0 Å². The number of rotatable bonds is 4. The largest absolute Gasteiger partial charge is 0.356 e. The summed E-state index contributed by atoms with van der Waals surface area (Å²) in [4.78, 5) is 10.5. The second-order valence-corrected chi connectivity index (χ2v) is 7.10. The van der Waals surface area contributed by atoms with Crippen LogP contribution in [0, 0.1) is 5.92 Å². The van der Waals surface area contributed by atoms with Crippen LogP contribution in [-0.2, 0) is 6.42 Å². The van der Waals surface area contributed by atoms with Crippen molar-refractivity contribution >= 4 is 28.3 Å². The molecule has 2 heterocycles. The van der Waals surface area contributed by atoms with Crippen molar-refractivity contribution in [3.05, 3.63) is 16.1 Å². The van der Waals surface area contributed by atoms with Crippen molar-refractivity contribution in [3.8, 4) is 0 Å². The highest BCUT2D eigenvalue weighted by Crippen LogP contribution is 2.25. The van der Waals surface area contributed by atoms with E-state index in [1.165, 1.54) is 4.88 Å². The van der Waals surface area contributed by atoms with Gasteiger partial charge in [-0.3, -0.25) is 4.99 Å². The fourth-order valence-corrected chi connectivity index (χ4v) is 3.86. The van der Waals surface area contributed by atoms with Crippen LogP contribution < -0.4 is 5.32 Å². The number of hydrogen-bond acceptors (Lipinski definition) is 5. The van der Waals surface area contributed by atoms with Crippen LogP contribution in [0.3, 0.4) is 0 Å². The van der Waals surface area contributed by atoms with Gasteiger partial charge < -0.3 is 5.32 Å². The van der Waals surface area contributed by atoms with Gasteiger partial charge in [-0.1, -0.05) is 32.5 Å². The van der Waals surface area contributed by atoms with E-state index in [1.807, 2.05) is 18.0 Å².